The van der Waals surface area contributed by atoms with Gasteiger partial charge >= 0.3 is 5.97 Å². The maximum absolute atomic E-state index is 11.2. The number of benzene rings is 1. The highest BCUT2D eigenvalue weighted by Gasteiger charge is 2.15. The van der Waals surface area contributed by atoms with E-state index in [-0.39, 0.29) is 28.4 Å². The Morgan fingerprint density at radius 3 is 2.38 bits per heavy atom. The first kappa shape index (κ1) is 17.4. The van der Waals surface area contributed by atoms with Crippen molar-refractivity contribution in [3.63, 3.8) is 0 Å². The van der Waals surface area contributed by atoms with Crippen molar-refractivity contribution in [2.75, 3.05) is 23.9 Å². The molecule has 21 heavy (non-hydrogen) atoms. The van der Waals surface area contributed by atoms with Crippen LogP contribution in [0.4, 0.5) is 5.69 Å². The predicted octanol–water partition coefficient (Wildman–Crippen LogP) is -0.121. The lowest BCUT2D eigenvalue weighted by molar-refractivity contribution is 0.0697. The molecule has 0 aliphatic rings. The summed E-state index contributed by atoms with van der Waals surface area (Å²) in [6.45, 7) is 0.238. The van der Waals surface area contributed by atoms with E-state index < -0.39 is 25.8 Å². The van der Waals surface area contributed by atoms with Gasteiger partial charge in [0.05, 0.1) is 16.2 Å². The minimum atomic E-state index is -3.99. The van der Waals surface area contributed by atoms with Crippen LogP contribution in [0.5, 0.6) is 0 Å². The molecule has 0 aliphatic carbocycles. The zero-order chi connectivity index (χ0) is 16.3. The maximum Gasteiger partial charge on any atom is 0.337 e. The molecule has 0 spiro atoms. The van der Waals surface area contributed by atoms with E-state index in [1.54, 1.807) is 0 Å². The lowest BCUT2D eigenvalue weighted by atomic mass is 10.2. The van der Waals surface area contributed by atoms with Gasteiger partial charge in [0.2, 0.25) is 10.0 Å². The molecule has 0 bridgehead atoms. The van der Waals surface area contributed by atoms with E-state index in [0.717, 1.165) is 12.3 Å². The van der Waals surface area contributed by atoms with Crippen molar-refractivity contribution in [1.82, 2.24) is 0 Å². The molecule has 4 N–H and O–H groups in total. The van der Waals surface area contributed by atoms with Crippen LogP contribution in [0.25, 0.3) is 0 Å². The predicted molar refractivity (Wildman–Crippen MR) is 77.6 cm³/mol. The molecule has 0 aliphatic heterocycles. The Bertz CT molecular complexity index is 740. The number of hydrogen-bond donors (Lipinski definition) is 3. The van der Waals surface area contributed by atoms with Crippen molar-refractivity contribution in [3.05, 3.63) is 23.8 Å². The molecule has 0 radical (unpaired) electrons. The van der Waals surface area contributed by atoms with Crippen LogP contribution < -0.4 is 10.5 Å². The number of hydrogen-bond acceptors (Lipinski definition) is 6. The molecule has 0 heterocycles. The normalized spacial score (nSPS) is 12.1. The highest BCUT2D eigenvalue weighted by molar-refractivity contribution is 7.90. The number of primary sulfonamides is 1. The molecule has 0 fully saturated rings. The molecule has 0 amide bonds. The lowest BCUT2D eigenvalue weighted by Gasteiger charge is -2.10. The number of nitrogens with two attached hydrogens (primary N) is 1. The van der Waals surface area contributed by atoms with Gasteiger partial charge in [-0.3, -0.25) is 0 Å². The van der Waals surface area contributed by atoms with Gasteiger partial charge in [-0.2, -0.15) is 0 Å². The first-order chi connectivity index (χ1) is 9.50. The number of carboxylic acids is 1. The zero-order valence-electron chi connectivity index (χ0n) is 11.2. The van der Waals surface area contributed by atoms with E-state index in [1.165, 1.54) is 12.1 Å². The van der Waals surface area contributed by atoms with Crippen LogP contribution in [0.15, 0.2) is 23.1 Å². The zero-order valence-corrected chi connectivity index (χ0v) is 12.9. The SMILES string of the molecule is CS(=O)(=O)CCCNc1ccc(S(N)(=O)=O)cc1C(=O)O. The maximum atomic E-state index is 11.2. The second-order valence-electron chi connectivity index (χ2n) is 4.47. The second-order valence-corrected chi connectivity index (χ2v) is 8.29. The van der Waals surface area contributed by atoms with Crippen LogP contribution in [0.1, 0.15) is 16.8 Å². The summed E-state index contributed by atoms with van der Waals surface area (Å²) in [4.78, 5) is 10.8. The smallest absolute Gasteiger partial charge is 0.337 e. The van der Waals surface area contributed by atoms with Gasteiger partial charge in [-0.1, -0.05) is 0 Å². The number of nitrogens with one attached hydrogen (secondary N) is 1. The van der Waals surface area contributed by atoms with Gasteiger partial charge in [0.25, 0.3) is 0 Å². The molecule has 0 unspecified atom stereocenters. The Balaban J connectivity index is 2.90. The lowest BCUT2D eigenvalue weighted by Crippen LogP contribution is -2.15. The minimum absolute atomic E-state index is 0.0301. The summed E-state index contributed by atoms with van der Waals surface area (Å²) in [6, 6.07) is 3.42. The molecule has 1 rings (SSSR count). The van der Waals surface area contributed by atoms with E-state index in [4.69, 9.17) is 10.2 Å². The van der Waals surface area contributed by atoms with E-state index >= 15 is 0 Å². The van der Waals surface area contributed by atoms with Crippen molar-refractivity contribution in [1.29, 1.82) is 0 Å². The Morgan fingerprint density at radius 1 is 1.29 bits per heavy atom. The van der Waals surface area contributed by atoms with Crippen LogP contribution in [0, 0.1) is 0 Å². The molecule has 8 nitrogen and oxygen atoms in total. The highest BCUT2D eigenvalue weighted by Crippen LogP contribution is 2.20. The van der Waals surface area contributed by atoms with E-state index in [2.05, 4.69) is 5.32 Å². The van der Waals surface area contributed by atoms with Gasteiger partial charge in [0.1, 0.15) is 9.84 Å². The van der Waals surface area contributed by atoms with Crippen LogP contribution >= 0.6 is 0 Å². The highest BCUT2D eigenvalue weighted by atomic mass is 32.2. The van der Waals surface area contributed by atoms with Crippen molar-refractivity contribution in [2.24, 2.45) is 5.14 Å². The quantitative estimate of drug-likeness (QED) is 0.589. The topological polar surface area (TPSA) is 144 Å². The van der Waals surface area contributed by atoms with Gasteiger partial charge in [-0.15, -0.1) is 0 Å². The number of sulfonamides is 1. The molecule has 118 valence electrons. The molecule has 0 saturated carbocycles. The fourth-order valence-electron chi connectivity index (χ4n) is 1.59. The molecule has 1 aromatic rings. The monoisotopic (exact) mass is 336 g/mol. The Kier molecular flexibility index (Phi) is 5.31. The molecule has 0 saturated heterocycles. The van der Waals surface area contributed by atoms with Gasteiger partial charge in [-0.25, -0.2) is 26.8 Å². The molecule has 1 aromatic carbocycles. The number of sulfone groups is 1. The molecular formula is C11H16N2O6S2. The van der Waals surface area contributed by atoms with Gasteiger partial charge in [0.15, 0.2) is 0 Å². The fraction of sp³-hybridized carbons (Fsp3) is 0.364. The van der Waals surface area contributed by atoms with Gasteiger partial charge in [0, 0.05) is 18.5 Å². The summed E-state index contributed by atoms with van der Waals surface area (Å²) in [5.74, 6) is -1.34. The number of carboxylic acid groups (broad SMARTS) is 1. The van der Waals surface area contributed by atoms with E-state index in [0.29, 0.717) is 6.42 Å². The first-order valence-corrected chi connectivity index (χ1v) is 9.43. The first-order valence-electron chi connectivity index (χ1n) is 5.82. The third-order valence-corrected chi connectivity index (χ3v) is 4.50. The number of rotatable bonds is 7. The van der Waals surface area contributed by atoms with E-state index in [1.807, 2.05) is 0 Å². The van der Waals surface area contributed by atoms with Crippen LogP contribution in [0.2, 0.25) is 0 Å². The van der Waals surface area contributed by atoms with Crippen LogP contribution in [-0.2, 0) is 19.9 Å². The summed E-state index contributed by atoms with van der Waals surface area (Å²) in [5.41, 5.74) is -0.0516. The number of carbonyl (C=O) groups is 1. The average Bonchev–Trinajstić information content (AvgIpc) is 2.32. The molecule has 0 aromatic heterocycles. The van der Waals surface area contributed by atoms with E-state index in [9.17, 15) is 21.6 Å². The molecule has 0 atom stereocenters. The molecule has 10 heteroatoms. The average molecular weight is 336 g/mol. The Hall–Kier alpha value is -1.65. The van der Waals surface area contributed by atoms with Crippen molar-refractivity contribution >= 4 is 31.5 Å². The third kappa shape index (κ3) is 5.69. The largest absolute Gasteiger partial charge is 0.478 e. The summed E-state index contributed by atoms with van der Waals surface area (Å²) in [5, 5.41) is 16.8. The third-order valence-electron chi connectivity index (χ3n) is 2.56. The number of anilines is 1. The second kappa shape index (κ2) is 6.41. The van der Waals surface area contributed by atoms with Crippen molar-refractivity contribution in [2.45, 2.75) is 11.3 Å². The van der Waals surface area contributed by atoms with Gasteiger partial charge in [-0.05, 0) is 24.6 Å². The Labute approximate surface area is 122 Å². The summed E-state index contributed by atoms with van der Waals surface area (Å²) >= 11 is 0. The number of aromatic carboxylic acids is 1. The van der Waals surface area contributed by atoms with Crippen molar-refractivity contribution in [3.8, 4) is 0 Å². The minimum Gasteiger partial charge on any atom is -0.478 e. The summed E-state index contributed by atoms with van der Waals surface area (Å²) in [6.07, 6.45) is 1.41. The molecular weight excluding hydrogens is 320 g/mol. The van der Waals surface area contributed by atoms with Crippen LogP contribution in [-0.4, -0.2) is 46.5 Å². The van der Waals surface area contributed by atoms with Gasteiger partial charge < -0.3 is 10.4 Å². The van der Waals surface area contributed by atoms with Crippen LogP contribution in [0.3, 0.4) is 0 Å². The summed E-state index contributed by atoms with van der Waals surface area (Å²) in [7, 11) is -7.07. The fourth-order valence-corrected chi connectivity index (χ4v) is 2.80. The van der Waals surface area contributed by atoms with Crippen molar-refractivity contribution < 1.29 is 26.7 Å². The summed E-state index contributed by atoms with van der Waals surface area (Å²) < 4.78 is 44.3. The standard InChI is InChI=1S/C11H16N2O6S2/c1-20(16,17)6-2-5-13-10-4-3-8(21(12,18)19)7-9(10)11(14)15/h3-4,7,13H,2,5-6H2,1H3,(H,14,15)(H2,12,18,19). The Morgan fingerprint density at radius 2 is 1.90 bits per heavy atom.